The van der Waals surface area contributed by atoms with Crippen LogP contribution in [0.5, 0.6) is 0 Å². The predicted octanol–water partition coefficient (Wildman–Crippen LogP) is 0.937. The number of nitrogens with one attached hydrogen (secondary N) is 1. The van der Waals surface area contributed by atoms with Crippen LogP contribution in [0, 0.1) is 5.92 Å². The molecule has 1 aliphatic heterocycles. The summed E-state index contributed by atoms with van der Waals surface area (Å²) in [5.74, 6) is 0.357. The molecule has 0 bridgehead atoms. The van der Waals surface area contributed by atoms with Crippen molar-refractivity contribution in [3.8, 4) is 11.4 Å². The van der Waals surface area contributed by atoms with Crippen LogP contribution in [0.4, 0.5) is 0 Å². The average Bonchev–Trinajstić information content (AvgIpc) is 3.33. The lowest BCUT2D eigenvalue weighted by Crippen LogP contribution is -2.30. The number of carbonyl (C=O) groups is 1. The summed E-state index contributed by atoms with van der Waals surface area (Å²) in [6.07, 6.45) is 6.35. The highest BCUT2D eigenvalue weighted by Crippen LogP contribution is 2.26. The summed E-state index contributed by atoms with van der Waals surface area (Å²) in [7, 11) is 0. The molecule has 8 nitrogen and oxygen atoms in total. The van der Waals surface area contributed by atoms with E-state index in [2.05, 4.69) is 25.1 Å². The Labute approximate surface area is 150 Å². The van der Waals surface area contributed by atoms with Crippen LogP contribution in [-0.4, -0.2) is 60.3 Å². The van der Waals surface area contributed by atoms with Crippen LogP contribution >= 0.6 is 0 Å². The van der Waals surface area contributed by atoms with Crippen molar-refractivity contribution in [2.45, 2.75) is 12.5 Å². The first kappa shape index (κ1) is 16.3. The first-order valence-corrected chi connectivity index (χ1v) is 8.39. The predicted molar refractivity (Wildman–Crippen MR) is 93.0 cm³/mol. The Morgan fingerprint density at radius 1 is 1.23 bits per heavy atom. The zero-order chi connectivity index (χ0) is 17.9. The molecule has 1 aliphatic rings. The normalized spacial score (nSPS) is 19.7. The molecule has 0 unspecified atom stereocenters. The van der Waals surface area contributed by atoms with Crippen molar-refractivity contribution in [3.05, 3.63) is 60.4 Å². The standard InChI is InChI=1S/C18H18N6O2/c25-16-10-24(9-12(16)7-13-8-19-5-6-20-13)18(26)15-4-2-1-3-14(15)17-21-11-22-23-17/h1-6,8,11-12,16,25H,7,9-10H2,(H,21,22,23)/t12-,16-/m1/s1. The SMILES string of the molecule is O=C(c1ccccc1-c1ncn[nH]1)N1C[C@@H](Cc2cnccn2)[C@H](O)C1. The summed E-state index contributed by atoms with van der Waals surface area (Å²) >= 11 is 0. The van der Waals surface area contributed by atoms with Crippen LogP contribution < -0.4 is 0 Å². The highest BCUT2D eigenvalue weighted by atomic mass is 16.3. The van der Waals surface area contributed by atoms with E-state index in [0.29, 0.717) is 36.5 Å². The van der Waals surface area contributed by atoms with Gasteiger partial charge in [-0.3, -0.25) is 19.9 Å². The summed E-state index contributed by atoms with van der Waals surface area (Å²) in [6.45, 7) is 0.774. The van der Waals surface area contributed by atoms with Crippen molar-refractivity contribution in [1.29, 1.82) is 0 Å². The molecule has 2 aromatic heterocycles. The zero-order valence-electron chi connectivity index (χ0n) is 14.0. The maximum atomic E-state index is 13.0. The third kappa shape index (κ3) is 3.18. The van der Waals surface area contributed by atoms with Crippen LogP contribution in [0.25, 0.3) is 11.4 Å². The number of amides is 1. The molecule has 1 saturated heterocycles. The summed E-state index contributed by atoms with van der Waals surface area (Å²) in [5.41, 5.74) is 2.05. The maximum absolute atomic E-state index is 13.0. The second-order valence-electron chi connectivity index (χ2n) is 6.32. The van der Waals surface area contributed by atoms with Gasteiger partial charge in [0.25, 0.3) is 5.91 Å². The smallest absolute Gasteiger partial charge is 0.254 e. The topological polar surface area (TPSA) is 108 Å². The number of benzene rings is 1. The van der Waals surface area contributed by atoms with Crippen molar-refractivity contribution in [3.63, 3.8) is 0 Å². The quantitative estimate of drug-likeness (QED) is 0.725. The van der Waals surface area contributed by atoms with E-state index in [9.17, 15) is 9.90 Å². The lowest BCUT2D eigenvalue weighted by atomic mass is 10.0. The fourth-order valence-electron chi connectivity index (χ4n) is 3.31. The number of β-amino-alcohol motifs (C(OH)–C–C–N with tert-alkyl or cyclic N) is 1. The molecule has 3 aromatic rings. The van der Waals surface area contributed by atoms with Gasteiger partial charge in [-0.2, -0.15) is 5.10 Å². The molecule has 26 heavy (non-hydrogen) atoms. The van der Waals surface area contributed by atoms with E-state index in [4.69, 9.17) is 0 Å². The number of aromatic amines is 1. The molecule has 0 aliphatic carbocycles. The molecule has 0 radical (unpaired) electrons. The van der Waals surface area contributed by atoms with Crippen molar-refractivity contribution < 1.29 is 9.90 Å². The lowest BCUT2D eigenvalue weighted by molar-refractivity contribution is 0.0765. The molecule has 1 amide bonds. The van der Waals surface area contributed by atoms with Crippen molar-refractivity contribution >= 4 is 5.91 Å². The summed E-state index contributed by atoms with van der Waals surface area (Å²) in [5, 5.41) is 17.0. The van der Waals surface area contributed by atoms with Crippen LogP contribution in [0.15, 0.2) is 49.2 Å². The van der Waals surface area contributed by atoms with Crippen LogP contribution in [0.1, 0.15) is 16.1 Å². The lowest BCUT2D eigenvalue weighted by Gasteiger charge is -2.17. The van der Waals surface area contributed by atoms with E-state index in [1.165, 1.54) is 6.33 Å². The van der Waals surface area contributed by atoms with Crippen LogP contribution in [-0.2, 0) is 6.42 Å². The van der Waals surface area contributed by atoms with Crippen molar-refractivity contribution in [2.24, 2.45) is 5.92 Å². The second-order valence-corrected chi connectivity index (χ2v) is 6.32. The third-order valence-electron chi connectivity index (χ3n) is 4.61. The van der Waals surface area contributed by atoms with Gasteiger partial charge >= 0.3 is 0 Å². The molecule has 4 rings (SSSR count). The zero-order valence-corrected chi connectivity index (χ0v) is 14.0. The van der Waals surface area contributed by atoms with E-state index >= 15 is 0 Å². The average molecular weight is 350 g/mol. The Morgan fingerprint density at radius 3 is 2.88 bits per heavy atom. The number of rotatable bonds is 4. The van der Waals surface area contributed by atoms with Crippen molar-refractivity contribution in [1.82, 2.24) is 30.0 Å². The Hall–Kier alpha value is -3.13. The van der Waals surface area contributed by atoms with Gasteiger partial charge in [-0.25, -0.2) is 4.98 Å². The van der Waals surface area contributed by atoms with Gasteiger partial charge in [-0.1, -0.05) is 18.2 Å². The van der Waals surface area contributed by atoms with Gasteiger partial charge in [0.2, 0.25) is 0 Å². The molecule has 0 spiro atoms. The first-order chi connectivity index (χ1) is 12.7. The minimum absolute atomic E-state index is 0.0620. The molecule has 3 heterocycles. The number of aliphatic hydroxyl groups excluding tert-OH is 1. The Balaban J connectivity index is 1.53. The number of aromatic nitrogens is 5. The molecule has 1 aromatic carbocycles. The molecule has 1 fully saturated rings. The first-order valence-electron chi connectivity index (χ1n) is 8.39. The summed E-state index contributed by atoms with van der Waals surface area (Å²) < 4.78 is 0. The molecular weight excluding hydrogens is 332 g/mol. The van der Waals surface area contributed by atoms with Gasteiger partial charge in [0.15, 0.2) is 5.82 Å². The van der Waals surface area contributed by atoms with Crippen LogP contribution in [0.3, 0.4) is 0 Å². The minimum atomic E-state index is -0.585. The van der Waals surface area contributed by atoms with Crippen LogP contribution in [0.2, 0.25) is 0 Å². The molecule has 132 valence electrons. The van der Waals surface area contributed by atoms with Gasteiger partial charge in [-0.05, 0) is 12.5 Å². The van der Waals surface area contributed by atoms with E-state index < -0.39 is 6.10 Å². The monoisotopic (exact) mass is 350 g/mol. The fraction of sp³-hybridized carbons (Fsp3) is 0.278. The number of likely N-dealkylation sites (tertiary alicyclic amines) is 1. The molecule has 2 N–H and O–H groups in total. The number of aliphatic hydroxyl groups is 1. The maximum Gasteiger partial charge on any atom is 0.254 e. The highest BCUT2D eigenvalue weighted by Gasteiger charge is 2.35. The van der Waals surface area contributed by atoms with E-state index in [0.717, 1.165) is 5.69 Å². The van der Waals surface area contributed by atoms with Gasteiger partial charge < -0.3 is 10.0 Å². The fourth-order valence-corrected chi connectivity index (χ4v) is 3.31. The number of hydrogen-bond acceptors (Lipinski definition) is 6. The van der Waals surface area contributed by atoms with E-state index in [1.807, 2.05) is 18.2 Å². The second kappa shape index (κ2) is 7.01. The highest BCUT2D eigenvalue weighted by molar-refractivity contribution is 6.00. The Morgan fingerprint density at radius 2 is 2.12 bits per heavy atom. The Kier molecular flexibility index (Phi) is 4.40. The van der Waals surface area contributed by atoms with Gasteiger partial charge in [0.05, 0.1) is 17.4 Å². The molecular formula is C18H18N6O2. The Bertz CT molecular complexity index is 884. The summed E-state index contributed by atoms with van der Waals surface area (Å²) in [6, 6.07) is 7.26. The number of carbonyl (C=O) groups excluding carboxylic acids is 1. The molecule has 0 saturated carbocycles. The van der Waals surface area contributed by atoms with Gasteiger partial charge in [-0.15, -0.1) is 0 Å². The largest absolute Gasteiger partial charge is 0.391 e. The number of hydrogen-bond donors (Lipinski definition) is 2. The number of H-pyrrole nitrogens is 1. The summed E-state index contributed by atoms with van der Waals surface area (Å²) in [4.78, 5) is 27.2. The van der Waals surface area contributed by atoms with E-state index in [-0.39, 0.29) is 11.8 Å². The van der Waals surface area contributed by atoms with Gasteiger partial charge in [0, 0.05) is 43.2 Å². The van der Waals surface area contributed by atoms with Crippen molar-refractivity contribution in [2.75, 3.05) is 13.1 Å². The molecule has 8 heteroatoms. The third-order valence-corrected chi connectivity index (χ3v) is 4.61. The molecule has 2 atom stereocenters. The number of nitrogens with zero attached hydrogens (tertiary/aromatic N) is 5. The van der Waals surface area contributed by atoms with E-state index in [1.54, 1.807) is 29.6 Å². The minimum Gasteiger partial charge on any atom is -0.391 e. The van der Waals surface area contributed by atoms with Gasteiger partial charge in [0.1, 0.15) is 6.33 Å².